The molecule has 0 heterocycles. The lowest BCUT2D eigenvalue weighted by Crippen LogP contribution is -2.14. The molecule has 1 N–H and O–H groups in total. The van der Waals surface area contributed by atoms with Crippen molar-refractivity contribution < 1.29 is 17.9 Å². The predicted octanol–water partition coefficient (Wildman–Crippen LogP) is 4.40. The number of para-hydroxylation sites is 1. The van der Waals surface area contributed by atoms with Crippen LogP contribution in [0.2, 0.25) is 0 Å². The van der Waals surface area contributed by atoms with Gasteiger partial charge in [-0.2, -0.15) is 0 Å². The van der Waals surface area contributed by atoms with E-state index < -0.39 is 17.5 Å². The minimum atomic E-state index is -0.743. The second-order valence-corrected chi connectivity index (χ2v) is 4.58. The standard InChI is InChI=1S/C16H16F3NO/c1-2-8-20-10-11-4-3-5-14(19)16(11)21-15-9-12(17)6-7-13(15)18/h3-7,9,20H,2,8,10H2,1H3. The molecule has 0 saturated carbocycles. The summed E-state index contributed by atoms with van der Waals surface area (Å²) in [7, 11) is 0. The summed E-state index contributed by atoms with van der Waals surface area (Å²) in [5.74, 6) is -2.43. The lowest BCUT2D eigenvalue weighted by molar-refractivity contribution is 0.404. The molecule has 0 unspecified atom stereocenters. The molecule has 0 spiro atoms. The third-order valence-electron chi connectivity index (χ3n) is 2.90. The van der Waals surface area contributed by atoms with Gasteiger partial charge in [0, 0.05) is 18.2 Å². The fourth-order valence-corrected chi connectivity index (χ4v) is 1.87. The first-order valence-corrected chi connectivity index (χ1v) is 6.73. The first-order chi connectivity index (χ1) is 10.1. The minimum absolute atomic E-state index is 0.0920. The Labute approximate surface area is 121 Å². The van der Waals surface area contributed by atoms with E-state index in [1.165, 1.54) is 6.07 Å². The quantitative estimate of drug-likeness (QED) is 0.798. The molecule has 0 aliphatic rings. The molecule has 0 aliphatic heterocycles. The highest BCUT2D eigenvalue weighted by molar-refractivity contribution is 5.39. The van der Waals surface area contributed by atoms with Gasteiger partial charge in [0.2, 0.25) is 0 Å². The van der Waals surface area contributed by atoms with E-state index in [-0.39, 0.29) is 11.5 Å². The predicted molar refractivity (Wildman–Crippen MR) is 74.8 cm³/mol. The zero-order chi connectivity index (χ0) is 15.2. The normalized spacial score (nSPS) is 10.7. The van der Waals surface area contributed by atoms with E-state index in [9.17, 15) is 13.2 Å². The van der Waals surface area contributed by atoms with Crippen molar-refractivity contribution in [1.82, 2.24) is 5.32 Å². The van der Waals surface area contributed by atoms with E-state index in [0.717, 1.165) is 31.2 Å². The second kappa shape index (κ2) is 7.13. The monoisotopic (exact) mass is 295 g/mol. The first-order valence-electron chi connectivity index (χ1n) is 6.73. The molecule has 0 saturated heterocycles. The Morgan fingerprint density at radius 1 is 1.05 bits per heavy atom. The zero-order valence-corrected chi connectivity index (χ0v) is 11.6. The Balaban J connectivity index is 2.27. The third-order valence-corrected chi connectivity index (χ3v) is 2.90. The first kappa shape index (κ1) is 15.4. The Morgan fingerprint density at radius 3 is 2.62 bits per heavy atom. The maximum absolute atomic E-state index is 13.9. The summed E-state index contributed by atoms with van der Waals surface area (Å²) >= 11 is 0. The Morgan fingerprint density at radius 2 is 1.86 bits per heavy atom. The molecule has 2 rings (SSSR count). The van der Waals surface area contributed by atoms with Crippen LogP contribution in [0.3, 0.4) is 0 Å². The van der Waals surface area contributed by atoms with Gasteiger partial charge in [-0.1, -0.05) is 19.1 Å². The summed E-state index contributed by atoms with van der Waals surface area (Å²) in [5.41, 5.74) is 0.548. The van der Waals surface area contributed by atoms with Crippen molar-refractivity contribution in [3.05, 3.63) is 59.4 Å². The van der Waals surface area contributed by atoms with Crippen LogP contribution in [0.15, 0.2) is 36.4 Å². The van der Waals surface area contributed by atoms with Gasteiger partial charge < -0.3 is 10.1 Å². The molecule has 2 aromatic rings. The van der Waals surface area contributed by atoms with Gasteiger partial charge in [0.15, 0.2) is 23.1 Å². The van der Waals surface area contributed by atoms with Crippen LogP contribution in [0.25, 0.3) is 0 Å². The molecule has 0 atom stereocenters. The topological polar surface area (TPSA) is 21.3 Å². The Kier molecular flexibility index (Phi) is 5.22. The number of hydrogen-bond donors (Lipinski definition) is 1. The van der Waals surface area contributed by atoms with Crippen LogP contribution in [0.5, 0.6) is 11.5 Å². The average molecular weight is 295 g/mol. The number of halogens is 3. The fourth-order valence-electron chi connectivity index (χ4n) is 1.87. The summed E-state index contributed by atoms with van der Waals surface area (Å²) in [6, 6.07) is 7.26. The highest BCUT2D eigenvalue weighted by atomic mass is 19.1. The number of hydrogen-bond acceptors (Lipinski definition) is 2. The average Bonchev–Trinajstić information content (AvgIpc) is 2.46. The van der Waals surface area contributed by atoms with E-state index in [4.69, 9.17) is 4.74 Å². The third kappa shape index (κ3) is 3.98. The molecule has 0 aromatic heterocycles. The molecule has 2 aromatic carbocycles. The van der Waals surface area contributed by atoms with E-state index in [0.29, 0.717) is 12.1 Å². The maximum Gasteiger partial charge on any atom is 0.167 e. The maximum atomic E-state index is 13.9. The van der Waals surface area contributed by atoms with E-state index in [1.807, 2.05) is 6.92 Å². The zero-order valence-electron chi connectivity index (χ0n) is 11.6. The van der Waals surface area contributed by atoms with Gasteiger partial charge in [0.25, 0.3) is 0 Å². The fraction of sp³-hybridized carbons (Fsp3) is 0.250. The molecule has 5 heteroatoms. The van der Waals surface area contributed by atoms with Crippen molar-refractivity contribution in [2.45, 2.75) is 19.9 Å². The SMILES string of the molecule is CCCNCc1cccc(F)c1Oc1cc(F)ccc1F. The second-order valence-electron chi connectivity index (χ2n) is 4.58. The van der Waals surface area contributed by atoms with E-state index in [2.05, 4.69) is 5.32 Å². The molecular weight excluding hydrogens is 279 g/mol. The van der Waals surface area contributed by atoms with Gasteiger partial charge in [-0.05, 0) is 31.2 Å². The number of benzene rings is 2. The van der Waals surface area contributed by atoms with Crippen molar-refractivity contribution in [1.29, 1.82) is 0 Å². The van der Waals surface area contributed by atoms with Crippen LogP contribution >= 0.6 is 0 Å². The molecule has 0 bridgehead atoms. The molecule has 2 nitrogen and oxygen atoms in total. The molecule has 0 amide bonds. The largest absolute Gasteiger partial charge is 0.451 e. The van der Waals surface area contributed by atoms with Crippen molar-refractivity contribution in [2.75, 3.05) is 6.54 Å². The number of nitrogens with one attached hydrogen (secondary N) is 1. The minimum Gasteiger partial charge on any atom is -0.451 e. The van der Waals surface area contributed by atoms with Crippen molar-refractivity contribution in [2.24, 2.45) is 0 Å². The van der Waals surface area contributed by atoms with Gasteiger partial charge in [0.05, 0.1) is 0 Å². The molecular formula is C16H16F3NO. The van der Waals surface area contributed by atoms with Gasteiger partial charge >= 0.3 is 0 Å². The molecule has 0 radical (unpaired) electrons. The summed E-state index contributed by atoms with van der Waals surface area (Å²) in [5, 5.41) is 3.12. The molecule has 0 aliphatic carbocycles. The summed E-state index contributed by atoms with van der Waals surface area (Å²) in [6.07, 6.45) is 0.935. The van der Waals surface area contributed by atoms with Crippen LogP contribution in [-0.2, 0) is 6.54 Å². The van der Waals surface area contributed by atoms with Crippen molar-refractivity contribution in [3.8, 4) is 11.5 Å². The molecule has 0 fully saturated rings. The van der Waals surface area contributed by atoms with Gasteiger partial charge in [-0.3, -0.25) is 0 Å². The van der Waals surface area contributed by atoms with E-state index >= 15 is 0 Å². The van der Waals surface area contributed by atoms with Crippen LogP contribution in [0.4, 0.5) is 13.2 Å². The van der Waals surface area contributed by atoms with Crippen LogP contribution < -0.4 is 10.1 Å². The molecule has 112 valence electrons. The van der Waals surface area contributed by atoms with Crippen LogP contribution in [0.1, 0.15) is 18.9 Å². The molecule has 21 heavy (non-hydrogen) atoms. The highest BCUT2D eigenvalue weighted by Crippen LogP contribution is 2.30. The van der Waals surface area contributed by atoms with Gasteiger partial charge in [-0.25, -0.2) is 13.2 Å². The summed E-state index contributed by atoms with van der Waals surface area (Å²) in [6.45, 7) is 3.17. The lowest BCUT2D eigenvalue weighted by Gasteiger charge is -2.13. The summed E-state index contributed by atoms with van der Waals surface area (Å²) < 4.78 is 45.9. The van der Waals surface area contributed by atoms with Gasteiger partial charge in [-0.15, -0.1) is 0 Å². The highest BCUT2D eigenvalue weighted by Gasteiger charge is 2.14. The van der Waals surface area contributed by atoms with Crippen LogP contribution in [-0.4, -0.2) is 6.54 Å². The Hall–Kier alpha value is -2.01. The van der Waals surface area contributed by atoms with E-state index in [1.54, 1.807) is 12.1 Å². The van der Waals surface area contributed by atoms with Crippen molar-refractivity contribution >= 4 is 0 Å². The lowest BCUT2D eigenvalue weighted by atomic mass is 10.2. The van der Waals surface area contributed by atoms with Gasteiger partial charge in [0.1, 0.15) is 5.82 Å². The number of ether oxygens (including phenoxy) is 1. The van der Waals surface area contributed by atoms with Crippen LogP contribution in [0, 0.1) is 17.5 Å². The van der Waals surface area contributed by atoms with Crippen molar-refractivity contribution in [3.63, 3.8) is 0 Å². The number of rotatable bonds is 6. The smallest absolute Gasteiger partial charge is 0.167 e. The Bertz CT molecular complexity index is 616. The summed E-state index contributed by atoms with van der Waals surface area (Å²) in [4.78, 5) is 0.